The van der Waals surface area contributed by atoms with E-state index in [0.717, 1.165) is 21.1 Å². The first-order chi connectivity index (χ1) is 11.5. The summed E-state index contributed by atoms with van der Waals surface area (Å²) in [7, 11) is 1.53. The van der Waals surface area contributed by atoms with Crippen LogP contribution in [0.5, 0.6) is 11.5 Å². The van der Waals surface area contributed by atoms with Gasteiger partial charge in [-0.15, -0.1) is 6.58 Å². The van der Waals surface area contributed by atoms with E-state index in [1.807, 2.05) is 0 Å². The molecule has 0 saturated carbocycles. The summed E-state index contributed by atoms with van der Waals surface area (Å²) in [5, 5.41) is -0.305. The summed E-state index contributed by atoms with van der Waals surface area (Å²) < 4.78 is 11.6. The molecule has 1 aliphatic rings. The largest absolute Gasteiger partial charge is 0.493 e. The highest BCUT2D eigenvalue weighted by Crippen LogP contribution is 2.37. The number of hydrogen-bond acceptors (Lipinski definition) is 5. The number of rotatable bonds is 7. The van der Waals surface area contributed by atoms with E-state index < -0.39 is 0 Å². The molecule has 1 fully saturated rings. The van der Waals surface area contributed by atoms with Crippen LogP contribution < -0.4 is 9.47 Å². The van der Waals surface area contributed by atoms with Gasteiger partial charge in [-0.1, -0.05) is 34.7 Å². The van der Waals surface area contributed by atoms with E-state index in [2.05, 4.69) is 29.1 Å². The van der Waals surface area contributed by atoms with Gasteiger partial charge < -0.3 is 9.47 Å². The molecule has 0 N–H and O–H groups in total. The first-order valence-electron chi connectivity index (χ1n) is 6.99. The molecule has 0 radical (unpaired) electrons. The molecule has 1 saturated heterocycles. The van der Waals surface area contributed by atoms with Gasteiger partial charge >= 0.3 is 0 Å². The zero-order valence-electron chi connectivity index (χ0n) is 13.1. The number of thioether (sulfide) groups is 1. The van der Waals surface area contributed by atoms with Crippen LogP contribution in [0.4, 0.5) is 4.79 Å². The normalized spacial score (nSPS) is 15.8. The van der Waals surface area contributed by atoms with Gasteiger partial charge in [-0.2, -0.15) is 0 Å². The van der Waals surface area contributed by atoms with E-state index in [4.69, 9.17) is 9.47 Å². The summed E-state index contributed by atoms with van der Waals surface area (Å²) in [6.45, 7) is 7.70. The maximum absolute atomic E-state index is 12.3. The van der Waals surface area contributed by atoms with Crippen molar-refractivity contribution >= 4 is 44.9 Å². The van der Waals surface area contributed by atoms with Crippen LogP contribution >= 0.6 is 27.7 Å². The summed E-state index contributed by atoms with van der Waals surface area (Å²) in [4.78, 5) is 25.6. The van der Waals surface area contributed by atoms with Crippen molar-refractivity contribution in [3.63, 3.8) is 0 Å². The highest BCUT2D eigenvalue weighted by atomic mass is 79.9. The molecule has 7 heteroatoms. The second kappa shape index (κ2) is 8.21. The Balaban J connectivity index is 2.35. The predicted molar refractivity (Wildman–Crippen MR) is 99.3 cm³/mol. The number of methoxy groups -OCH3 is 1. The third-order valence-corrected chi connectivity index (χ3v) is 4.71. The smallest absolute Gasteiger partial charge is 0.293 e. The van der Waals surface area contributed by atoms with Gasteiger partial charge in [-0.25, -0.2) is 0 Å². The van der Waals surface area contributed by atoms with Crippen molar-refractivity contribution < 1.29 is 19.1 Å². The third kappa shape index (κ3) is 3.91. The number of halogens is 1. The van der Waals surface area contributed by atoms with Gasteiger partial charge in [0, 0.05) is 11.0 Å². The van der Waals surface area contributed by atoms with Crippen LogP contribution in [0.25, 0.3) is 6.08 Å². The molecule has 1 heterocycles. The van der Waals surface area contributed by atoms with Gasteiger partial charge in [0.05, 0.1) is 12.0 Å². The maximum Gasteiger partial charge on any atom is 0.293 e. The van der Waals surface area contributed by atoms with Crippen LogP contribution in [0.1, 0.15) is 5.56 Å². The van der Waals surface area contributed by atoms with E-state index in [0.29, 0.717) is 28.6 Å². The van der Waals surface area contributed by atoms with Crippen molar-refractivity contribution in [3.05, 3.63) is 52.4 Å². The van der Waals surface area contributed by atoms with Gasteiger partial charge in [0.1, 0.15) is 6.61 Å². The number of imide groups is 1. The number of benzene rings is 1. The SMILES string of the molecule is C=CCOc1cc(Br)c(/C=C2/SC(=O)N(CC=C)C2=O)cc1OC. The fraction of sp³-hybridized carbons (Fsp3) is 0.176. The molecule has 1 aliphatic heterocycles. The maximum atomic E-state index is 12.3. The molecule has 5 nitrogen and oxygen atoms in total. The Labute approximate surface area is 153 Å². The molecular formula is C17H16BrNO4S. The Hall–Kier alpha value is -1.99. The zero-order valence-corrected chi connectivity index (χ0v) is 15.5. The van der Waals surface area contributed by atoms with E-state index in [1.54, 1.807) is 24.3 Å². The topological polar surface area (TPSA) is 55.8 Å². The van der Waals surface area contributed by atoms with Crippen molar-refractivity contribution in [3.8, 4) is 11.5 Å². The van der Waals surface area contributed by atoms with Crippen LogP contribution in [0.15, 0.2) is 46.8 Å². The molecule has 0 unspecified atom stereocenters. The molecule has 0 aliphatic carbocycles. The lowest BCUT2D eigenvalue weighted by molar-refractivity contribution is -0.122. The summed E-state index contributed by atoms with van der Waals surface area (Å²) in [6, 6.07) is 3.49. The molecule has 1 aromatic carbocycles. The molecule has 2 amide bonds. The summed E-state index contributed by atoms with van der Waals surface area (Å²) in [5.41, 5.74) is 0.710. The van der Waals surface area contributed by atoms with E-state index >= 15 is 0 Å². The standard InChI is InChI=1S/C17H16BrNO4S/c1-4-6-19-16(20)15(24-17(19)21)9-11-8-13(22-3)14(10-12(11)18)23-7-5-2/h4-5,8-10H,1-2,6-7H2,3H3/b15-9+. The number of nitrogens with zero attached hydrogens (tertiary/aromatic N) is 1. The summed E-state index contributed by atoms with van der Waals surface area (Å²) >= 11 is 4.35. The minimum atomic E-state index is -0.331. The first-order valence-corrected chi connectivity index (χ1v) is 8.60. The second-order valence-electron chi connectivity index (χ2n) is 4.71. The quantitative estimate of drug-likeness (QED) is 0.497. The Morgan fingerprint density at radius 1 is 1.25 bits per heavy atom. The molecule has 0 atom stereocenters. The Morgan fingerprint density at radius 2 is 2.00 bits per heavy atom. The van der Waals surface area contributed by atoms with E-state index in [-0.39, 0.29) is 17.7 Å². The Morgan fingerprint density at radius 3 is 2.62 bits per heavy atom. The van der Waals surface area contributed by atoms with E-state index in [1.165, 1.54) is 13.2 Å². The van der Waals surface area contributed by atoms with Gasteiger partial charge in [0.15, 0.2) is 11.5 Å². The number of carbonyl (C=O) groups is 2. The Bertz CT molecular complexity index is 730. The summed E-state index contributed by atoms with van der Waals surface area (Å²) in [5.74, 6) is 0.751. The minimum absolute atomic E-state index is 0.195. The molecule has 0 spiro atoms. The molecule has 0 bridgehead atoms. The van der Waals surface area contributed by atoms with Gasteiger partial charge in [-0.05, 0) is 35.5 Å². The Kier molecular flexibility index (Phi) is 6.28. The summed E-state index contributed by atoms with van der Waals surface area (Å²) in [6.07, 6.45) is 4.80. The second-order valence-corrected chi connectivity index (χ2v) is 6.55. The first kappa shape index (κ1) is 18.4. The number of amides is 2. The van der Waals surface area contributed by atoms with Gasteiger partial charge in [0.25, 0.3) is 11.1 Å². The molecule has 126 valence electrons. The van der Waals surface area contributed by atoms with E-state index in [9.17, 15) is 9.59 Å². The lowest BCUT2D eigenvalue weighted by Gasteiger charge is -2.12. The van der Waals surface area contributed by atoms with Crippen LogP contribution in [-0.2, 0) is 4.79 Å². The average Bonchev–Trinajstić information content (AvgIpc) is 2.82. The van der Waals surface area contributed by atoms with Crippen molar-refractivity contribution in [1.29, 1.82) is 0 Å². The van der Waals surface area contributed by atoms with Crippen LogP contribution in [-0.4, -0.2) is 36.3 Å². The zero-order chi connectivity index (χ0) is 17.7. The van der Waals surface area contributed by atoms with Crippen molar-refractivity contribution in [1.82, 2.24) is 4.90 Å². The van der Waals surface area contributed by atoms with Crippen molar-refractivity contribution in [2.75, 3.05) is 20.3 Å². The lowest BCUT2D eigenvalue weighted by Crippen LogP contribution is -2.27. The highest BCUT2D eigenvalue weighted by Gasteiger charge is 2.34. The van der Waals surface area contributed by atoms with Crippen molar-refractivity contribution in [2.24, 2.45) is 0 Å². The van der Waals surface area contributed by atoms with Gasteiger partial charge in [0.2, 0.25) is 0 Å². The third-order valence-electron chi connectivity index (χ3n) is 3.11. The van der Waals surface area contributed by atoms with Crippen LogP contribution in [0.3, 0.4) is 0 Å². The minimum Gasteiger partial charge on any atom is -0.493 e. The average molecular weight is 410 g/mol. The highest BCUT2D eigenvalue weighted by molar-refractivity contribution is 9.10. The van der Waals surface area contributed by atoms with Crippen molar-refractivity contribution in [2.45, 2.75) is 0 Å². The molecule has 1 aromatic rings. The number of hydrogen-bond donors (Lipinski definition) is 0. The molecular weight excluding hydrogens is 394 g/mol. The monoisotopic (exact) mass is 409 g/mol. The predicted octanol–water partition coefficient (Wildman–Crippen LogP) is 4.24. The van der Waals surface area contributed by atoms with Crippen LogP contribution in [0, 0.1) is 0 Å². The lowest BCUT2D eigenvalue weighted by atomic mass is 10.2. The fourth-order valence-corrected chi connectivity index (χ4v) is 3.29. The van der Waals surface area contributed by atoms with Crippen LogP contribution in [0.2, 0.25) is 0 Å². The molecule has 0 aromatic heterocycles. The van der Waals surface area contributed by atoms with Gasteiger partial charge in [-0.3, -0.25) is 14.5 Å². The number of carbonyl (C=O) groups excluding carboxylic acids is 2. The number of ether oxygens (including phenoxy) is 2. The molecule has 2 rings (SSSR count). The fourth-order valence-electron chi connectivity index (χ4n) is 2.01. The molecule has 24 heavy (non-hydrogen) atoms.